The van der Waals surface area contributed by atoms with Gasteiger partial charge in [-0.05, 0) is 0 Å². The highest BCUT2D eigenvalue weighted by Gasteiger charge is 2.26. The molecule has 0 spiro atoms. The summed E-state index contributed by atoms with van der Waals surface area (Å²) in [6.07, 6.45) is 0.703. The van der Waals surface area contributed by atoms with Crippen LogP contribution in [0.25, 0.3) is 0 Å². The van der Waals surface area contributed by atoms with Gasteiger partial charge in [-0.2, -0.15) is 0 Å². The van der Waals surface area contributed by atoms with E-state index in [2.05, 4.69) is 25.6 Å². The van der Waals surface area contributed by atoms with E-state index in [1.54, 1.807) is 14.2 Å². The minimum Gasteiger partial charge on any atom is -0.382 e. The van der Waals surface area contributed by atoms with Gasteiger partial charge < -0.3 is 9.47 Å². The van der Waals surface area contributed by atoms with Crippen molar-refractivity contribution in [1.82, 2.24) is 3.93 Å². The Labute approximate surface area is 91.7 Å². The van der Waals surface area contributed by atoms with Crippen molar-refractivity contribution >= 4 is 28.0 Å². The van der Waals surface area contributed by atoms with Gasteiger partial charge in [0.1, 0.15) is 0 Å². The van der Waals surface area contributed by atoms with Crippen molar-refractivity contribution in [3.8, 4) is 0 Å². The van der Waals surface area contributed by atoms with Gasteiger partial charge in [0.2, 0.25) is 11.8 Å². The molecule has 0 aromatic rings. The Hall–Kier alpha value is -0.460. The third-order valence-electron chi connectivity index (χ3n) is 1.48. The Kier molecular flexibility index (Phi) is 7.64. The number of carbonyl (C=O) groups is 2. The summed E-state index contributed by atoms with van der Waals surface area (Å²) in [6, 6.07) is 0. The summed E-state index contributed by atoms with van der Waals surface area (Å²) in [5.74, 6) is -0.287. The number of halogens is 1. The van der Waals surface area contributed by atoms with E-state index in [0.717, 1.165) is 3.93 Å². The number of carbonyl (C=O) groups excluding carboxylic acids is 2. The van der Waals surface area contributed by atoms with Crippen LogP contribution in [0.2, 0.25) is 0 Å². The van der Waals surface area contributed by atoms with Crippen LogP contribution in [0.3, 0.4) is 0 Å². The van der Waals surface area contributed by atoms with Crippen LogP contribution in [-0.4, -0.2) is 43.2 Å². The molecule has 1 saturated heterocycles. The molecule has 0 aromatic heterocycles. The molecule has 0 atom stereocenters. The van der Waals surface area contributed by atoms with Crippen molar-refractivity contribution in [3.05, 3.63) is 0 Å². The van der Waals surface area contributed by atoms with Crippen molar-refractivity contribution in [2.45, 2.75) is 12.8 Å². The molecule has 1 fully saturated rings. The normalized spacial score (nSPS) is 15.5. The summed E-state index contributed by atoms with van der Waals surface area (Å²) < 4.78 is 10.3. The van der Waals surface area contributed by atoms with E-state index in [1.807, 2.05) is 0 Å². The molecule has 6 heteroatoms. The predicted molar refractivity (Wildman–Crippen MR) is 53.8 cm³/mol. The summed E-state index contributed by atoms with van der Waals surface area (Å²) in [4.78, 5) is 20.9. The highest BCUT2D eigenvalue weighted by atomic mass is 79.9. The zero-order valence-electron chi connectivity index (χ0n) is 8.29. The average Bonchev–Trinajstić information content (AvgIpc) is 2.47. The van der Waals surface area contributed by atoms with Crippen LogP contribution >= 0.6 is 16.1 Å². The second kappa shape index (κ2) is 7.90. The Morgan fingerprint density at radius 2 is 1.50 bits per heavy atom. The summed E-state index contributed by atoms with van der Waals surface area (Å²) in [5.41, 5.74) is 0. The second-order valence-corrected chi connectivity index (χ2v) is 3.26. The molecule has 2 amide bonds. The average molecular weight is 268 g/mol. The number of hydrogen-bond acceptors (Lipinski definition) is 4. The van der Waals surface area contributed by atoms with Gasteiger partial charge in [-0.25, -0.2) is 3.93 Å². The Morgan fingerprint density at radius 1 is 1.14 bits per heavy atom. The van der Waals surface area contributed by atoms with Gasteiger partial charge in [0.25, 0.3) is 0 Å². The summed E-state index contributed by atoms with van der Waals surface area (Å²) in [6.45, 7) is 1.38. The molecule has 0 unspecified atom stereocenters. The Balaban J connectivity index is 0.000000255. The largest absolute Gasteiger partial charge is 0.382 e. The Bertz CT molecular complexity index is 178. The third-order valence-corrected chi connectivity index (χ3v) is 2.27. The van der Waals surface area contributed by atoms with Crippen molar-refractivity contribution in [2.24, 2.45) is 0 Å². The Morgan fingerprint density at radius 3 is 1.64 bits per heavy atom. The lowest BCUT2D eigenvalue weighted by atomic mass is 10.4. The molecule has 0 saturated carbocycles. The first-order valence-corrected chi connectivity index (χ1v) is 4.83. The summed E-state index contributed by atoms with van der Waals surface area (Å²) in [7, 11) is 3.30. The van der Waals surface area contributed by atoms with Crippen LogP contribution in [0.4, 0.5) is 0 Å². The van der Waals surface area contributed by atoms with Crippen LogP contribution < -0.4 is 0 Å². The zero-order chi connectivity index (χ0) is 11.0. The van der Waals surface area contributed by atoms with Gasteiger partial charge >= 0.3 is 0 Å². The predicted octanol–water partition coefficient (Wildman–Crippen LogP) is 0.724. The van der Waals surface area contributed by atoms with E-state index in [0.29, 0.717) is 26.1 Å². The molecule has 82 valence electrons. The first-order chi connectivity index (χ1) is 6.63. The monoisotopic (exact) mass is 267 g/mol. The third kappa shape index (κ3) is 5.31. The molecular formula is C8H14BrNO4. The first-order valence-electron chi connectivity index (χ1n) is 4.13. The van der Waals surface area contributed by atoms with E-state index in [1.165, 1.54) is 0 Å². The molecular weight excluding hydrogens is 254 g/mol. The van der Waals surface area contributed by atoms with Crippen molar-refractivity contribution in [3.63, 3.8) is 0 Å². The lowest BCUT2D eigenvalue weighted by Crippen LogP contribution is -2.16. The fraction of sp³-hybridized carbons (Fsp3) is 0.750. The van der Waals surface area contributed by atoms with Gasteiger partial charge in [-0.15, -0.1) is 0 Å². The molecule has 1 aliphatic rings. The maximum atomic E-state index is 10.4. The minimum absolute atomic E-state index is 0.144. The number of imide groups is 1. The van der Waals surface area contributed by atoms with Crippen LogP contribution in [-0.2, 0) is 19.1 Å². The van der Waals surface area contributed by atoms with Gasteiger partial charge in [-0.1, -0.05) is 0 Å². The van der Waals surface area contributed by atoms with Crippen LogP contribution in [0.5, 0.6) is 0 Å². The van der Waals surface area contributed by atoms with Crippen molar-refractivity contribution in [1.29, 1.82) is 0 Å². The van der Waals surface area contributed by atoms with Crippen LogP contribution in [0, 0.1) is 0 Å². The molecule has 0 aromatic carbocycles. The number of amides is 2. The fourth-order valence-corrected chi connectivity index (χ4v) is 1.07. The van der Waals surface area contributed by atoms with Gasteiger partial charge in [0, 0.05) is 27.1 Å². The molecule has 0 radical (unpaired) electrons. The van der Waals surface area contributed by atoms with Gasteiger partial charge in [0.15, 0.2) is 0 Å². The molecule has 0 bridgehead atoms. The molecule has 0 N–H and O–H groups in total. The van der Waals surface area contributed by atoms with Crippen LogP contribution in [0.1, 0.15) is 12.8 Å². The number of rotatable bonds is 3. The maximum Gasteiger partial charge on any atom is 0.239 e. The van der Waals surface area contributed by atoms with E-state index >= 15 is 0 Å². The number of ether oxygens (including phenoxy) is 2. The van der Waals surface area contributed by atoms with Crippen LogP contribution in [0.15, 0.2) is 0 Å². The molecule has 1 rings (SSSR count). The van der Waals surface area contributed by atoms with E-state index in [4.69, 9.17) is 0 Å². The molecule has 1 heterocycles. The smallest absolute Gasteiger partial charge is 0.239 e. The SMILES string of the molecule is COCCOC.O=C1CCC(=O)N1Br. The topological polar surface area (TPSA) is 55.8 Å². The van der Waals surface area contributed by atoms with Crippen molar-refractivity contribution in [2.75, 3.05) is 27.4 Å². The summed E-state index contributed by atoms with van der Waals surface area (Å²) in [5, 5.41) is 0. The maximum absolute atomic E-state index is 10.4. The highest BCUT2D eigenvalue weighted by Crippen LogP contribution is 2.14. The standard InChI is InChI=1S/C4H4BrNO2.C4H10O2/c5-6-3(7)1-2-4(6)8;1-5-3-4-6-2/h1-2H2;3-4H2,1-2H3. The number of nitrogens with zero attached hydrogens (tertiary/aromatic N) is 1. The lowest BCUT2D eigenvalue weighted by Gasteiger charge is -1.97. The molecule has 5 nitrogen and oxygen atoms in total. The highest BCUT2D eigenvalue weighted by molar-refractivity contribution is 9.08. The lowest BCUT2D eigenvalue weighted by molar-refractivity contribution is -0.131. The fourth-order valence-electron chi connectivity index (χ4n) is 0.716. The molecule has 14 heavy (non-hydrogen) atoms. The second-order valence-electron chi connectivity index (χ2n) is 2.55. The molecule has 1 aliphatic heterocycles. The zero-order valence-corrected chi connectivity index (χ0v) is 9.87. The minimum atomic E-state index is -0.144. The van der Waals surface area contributed by atoms with E-state index in [-0.39, 0.29) is 11.8 Å². The molecule has 0 aliphatic carbocycles. The quantitative estimate of drug-likeness (QED) is 0.430. The number of methoxy groups -OCH3 is 2. The van der Waals surface area contributed by atoms with E-state index in [9.17, 15) is 9.59 Å². The summed E-state index contributed by atoms with van der Waals surface area (Å²) >= 11 is 2.80. The van der Waals surface area contributed by atoms with Gasteiger partial charge in [-0.3, -0.25) is 9.59 Å². The number of hydrogen-bond donors (Lipinski definition) is 0. The van der Waals surface area contributed by atoms with Crippen molar-refractivity contribution < 1.29 is 19.1 Å². The first kappa shape index (κ1) is 13.5. The van der Waals surface area contributed by atoms with Gasteiger partial charge in [0.05, 0.1) is 29.4 Å². The van der Waals surface area contributed by atoms with E-state index < -0.39 is 0 Å².